The highest BCUT2D eigenvalue weighted by atomic mass is 35.5. The van der Waals surface area contributed by atoms with Crippen LogP contribution in [0.15, 0.2) is 48.5 Å². The van der Waals surface area contributed by atoms with Crippen molar-refractivity contribution in [2.24, 2.45) is 11.8 Å². The van der Waals surface area contributed by atoms with Gasteiger partial charge >= 0.3 is 11.9 Å². The number of amides is 3. The van der Waals surface area contributed by atoms with Crippen LogP contribution in [0.2, 0.25) is 0 Å². The van der Waals surface area contributed by atoms with Gasteiger partial charge in [-0.1, -0.05) is 6.92 Å². The Labute approximate surface area is 229 Å². The van der Waals surface area contributed by atoms with Gasteiger partial charge in [-0.2, -0.15) is 0 Å². The Morgan fingerprint density at radius 1 is 0.842 bits per heavy atom. The van der Waals surface area contributed by atoms with Crippen molar-refractivity contribution in [1.82, 2.24) is 0 Å². The third-order valence-corrected chi connectivity index (χ3v) is 7.54. The van der Waals surface area contributed by atoms with Crippen LogP contribution in [-0.4, -0.2) is 53.6 Å². The molecule has 200 valence electrons. The van der Waals surface area contributed by atoms with Gasteiger partial charge in [0.25, 0.3) is 5.91 Å². The molecule has 1 N–H and O–H groups in total. The van der Waals surface area contributed by atoms with E-state index in [0.717, 1.165) is 4.90 Å². The highest BCUT2D eigenvalue weighted by molar-refractivity contribution is 6.31. The zero-order valence-electron chi connectivity index (χ0n) is 20.5. The second-order valence-corrected chi connectivity index (χ2v) is 10.2. The summed E-state index contributed by atoms with van der Waals surface area (Å²) in [6, 6.07) is 11.9. The number of rotatable bonds is 8. The van der Waals surface area contributed by atoms with Crippen LogP contribution in [0.3, 0.4) is 0 Å². The zero-order valence-corrected chi connectivity index (χ0v) is 22.0. The van der Waals surface area contributed by atoms with Gasteiger partial charge in [0.1, 0.15) is 0 Å². The van der Waals surface area contributed by atoms with Gasteiger partial charge in [0.2, 0.25) is 11.8 Å². The molecule has 2 fully saturated rings. The van der Waals surface area contributed by atoms with E-state index in [2.05, 4.69) is 5.32 Å². The van der Waals surface area contributed by atoms with Crippen molar-refractivity contribution in [3.05, 3.63) is 59.7 Å². The average molecular weight is 561 g/mol. The van der Waals surface area contributed by atoms with E-state index >= 15 is 0 Å². The van der Waals surface area contributed by atoms with Crippen LogP contribution in [0.4, 0.5) is 11.4 Å². The third kappa shape index (κ3) is 6.00. The molecular weight excluding hydrogens is 535 g/mol. The molecule has 1 saturated heterocycles. The first kappa shape index (κ1) is 27.6. The summed E-state index contributed by atoms with van der Waals surface area (Å²) in [5, 5.41) is 1.82. The fourth-order valence-corrected chi connectivity index (χ4v) is 5.07. The number of fused-ring (bicyclic) bond motifs is 1. The molecule has 2 aromatic rings. The molecule has 4 rings (SSSR count). The van der Waals surface area contributed by atoms with Gasteiger partial charge in [0, 0.05) is 5.69 Å². The zero-order chi connectivity index (χ0) is 27.4. The minimum absolute atomic E-state index is 0.148. The van der Waals surface area contributed by atoms with Crippen LogP contribution in [0.5, 0.6) is 0 Å². The number of alkyl halides is 2. The second-order valence-electron chi connectivity index (χ2n) is 9.11. The topological polar surface area (TPSA) is 119 Å². The van der Waals surface area contributed by atoms with Crippen molar-refractivity contribution in [3.63, 3.8) is 0 Å². The first-order valence-corrected chi connectivity index (χ1v) is 13.1. The van der Waals surface area contributed by atoms with E-state index in [-0.39, 0.29) is 28.1 Å². The number of nitrogens with one attached hydrogen (secondary N) is 1. The number of benzene rings is 2. The lowest BCUT2D eigenvalue weighted by Gasteiger charge is -2.28. The molecule has 1 heterocycles. The van der Waals surface area contributed by atoms with Crippen molar-refractivity contribution < 1.29 is 33.4 Å². The molecule has 1 saturated carbocycles. The van der Waals surface area contributed by atoms with E-state index in [1.807, 2.05) is 6.92 Å². The largest absolute Gasteiger partial charge is 0.462 e. The maximum absolute atomic E-state index is 12.9. The normalized spacial score (nSPS) is 22.6. The summed E-state index contributed by atoms with van der Waals surface area (Å²) in [5.41, 5.74) is 1.26. The standard InChI is InChI=1S/C27H26Cl2N2O7/c1-2-11-37-26(35)15-3-7-17(8-4-15)30-23(32)14-38-27(36)16-5-9-18(10-6-16)31-24(33)19-12-21(28)22(29)13-20(19)25(31)34/h3-10,19-22H,2,11-14H2,1H3,(H,30,32)/t19-,20-,21-,22+/m1/s1. The molecule has 2 aromatic carbocycles. The number of carbonyl (C=O) groups excluding carboxylic acids is 5. The van der Waals surface area contributed by atoms with Crippen molar-refractivity contribution in [1.29, 1.82) is 0 Å². The number of carbonyl (C=O) groups is 5. The number of nitrogens with zero attached hydrogens (tertiary/aromatic N) is 1. The number of anilines is 2. The summed E-state index contributed by atoms with van der Waals surface area (Å²) in [5.74, 6) is -3.43. The quantitative estimate of drug-likeness (QED) is 0.292. The summed E-state index contributed by atoms with van der Waals surface area (Å²) in [6.45, 7) is 1.68. The Hall–Kier alpha value is -3.43. The molecule has 0 spiro atoms. The summed E-state index contributed by atoms with van der Waals surface area (Å²) < 4.78 is 10.1. The first-order valence-electron chi connectivity index (χ1n) is 12.2. The van der Waals surface area contributed by atoms with E-state index in [1.54, 1.807) is 12.1 Å². The Kier molecular flexibility index (Phi) is 8.69. The van der Waals surface area contributed by atoms with E-state index in [4.69, 9.17) is 32.7 Å². The van der Waals surface area contributed by atoms with Crippen LogP contribution in [0.1, 0.15) is 46.9 Å². The number of esters is 2. The fourth-order valence-electron chi connectivity index (χ4n) is 4.48. The maximum Gasteiger partial charge on any atom is 0.338 e. The molecular formula is C27H26Cl2N2O7. The molecule has 1 aliphatic carbocycles. The fraction of sp³-hybridized carbons (Fsp3) is 0.370. The molecule has 0 radical (unpaired) electrons. The predicted molar refractivity (Wildman–Crippen MR) is 140 cm³/mol. The number of imide groups is 1. The number of hydrogen-bond acceptors (Lipinski definition) is 7. The molecule has 1 aliphatic heterocycles. The Morgan fingerprint density at radius 3 is 1.87 bits per heavy atom. The van der Waals surface area contributed by atoms with E-state index in [1.165, 1.54) is 36.4 Å². The minimum Gasteiger partial charge on any atom is -0.462 e. The summed E-state index contributed by atoms with van der Waals surface area (Å²) >= 11 is 12.4. The van der Waals surface area contributed by atoms with Crippen LogP contribution < -0.4 is 10.2 Å². The van der Waals surface area contributed by atoms with Crippen molar-refractivity contribution in [3.8, 4) is 0 Å². The second kappa shape index (κ2) is 12.0. The highest BCUT2D eigenvalue weighted by Crippen LogP contribution is 2.43. The van der Waals surface area contributed by atoms with Gasteiger partial charge in [0.15, 0.2) is 6.61 Å². The number of halogens is 2. The summed E-state index contributed by atoms with van der Waals surface area (Å²) in [7, 11) is 0. The number of ether oxygens (including phenoxy) is 2. The highest BCUT2D eigenvalue weighted by Gasteiger charge is 2.52. The van der Waals surface area contributed by atoms with E-state index in [9.17, 15) is 24.0 Å². The lowest BCUT2D eigenvalue weighted by atomic mass is 9.80. The van der Waals surface area contributed by atoms with Gasteiger partial charge in [-0.15, -0.1) is 23.2 Å². The molecule has 0 aromatic heterocycles. The SMILES string of the molecule is CCCOC(=O)c1ccc(NC(=O)COC(=O)c2ccc(N3C(=O)[C@@H]4C[C@@H](Cl)[C@@H](Cl)C[C@H]4C3=O)cc2)cc1. The van der Waals surface area contributed by atoms with Gasteiger partial charge in [-0.05, 0) is 67.8 Å². The Balaban J connectivity index is 1.30. The molecule has 38 heavy (non-hydrogen) atoms. The first-order chi connectivity index (χ1) is 18.2. The van der Waals surface area contributed by atoms with E-state index in [0.29, 0.717) is 42.8 Å². The molecule has 0 unspecified atom stereocenters. The summed E-state index contributed by atoms with van der Waals surface area (Å²) in [6.07, 6.45) is 1.39. The molecule has 4 atom stereocenters. The van der Waals surface area contributed by atoms with Gasteiger partial charge in [0.05, 0.1) is 46.0 Å². The van der Waals surface area contributed by atoms with Crippen LogP contribution >= 0.6 is 23.2 Å². The lowest BCUT2D eigenvalue weighted by molar-refractivity contribution is -0.122. The van der Waals surface area contributed by atoms with Crippen LogP contribution in [0.25, 0.3) is 0 Å². The van der Waals surface area contributed by atoms with Crippen molar-refractivity contribution in [2.75, 3.05) is 23.4 Å². The minimum atomic E-state index is -0.747. The van der Waals surface area contributed by atoms with Crippen molar-refractivity contribution in [2.45, 2.75) is 36.9 Å². The van der Waals surface area contributed by atoms with Gasteiger partial charge < -0.3 is 14.8 Å². The summed E-state index contributed by atoms with van der Waals surface area (Å²) in [4.78, 5) is 63.4. The molecule has 9 nitrogen and oxygen atoms in total. The third-order valence-electron chi connectivity index (χ3n) is 6.45. The molecule has 3 amide bonds. The van der Waals surface area contributed by atoms with Crippen molar-refractivity contribution >= 4 is 64.2 Å². The number of hydrogen-bond donors (Lipinski definition) is 1. The van der Waals surface area contributed by atoms with Gasteiger partial charge in [-0.25, -0.2) is 9.59 Å². The predicted octanol–water partition coefficient (Wildman–Crippen LogP) is 4.16. The Bertz CT molecular complexity index is 1200. The Morgan fingerprint density at radius 2 is 1.34 bits per heavy atom. The van der Waals surface area contributed by atoms with Crippen LogP contribution in [0, 0.1) is 11.8 Å². The smallest absolute Gasteiger partial charge is 0.338 e. The maximum atomic E-state index is 12.9. The molecule has 11 heteroatoms. The average Bonchev–Trinajstić information content (AvgIpc) is 3.15. The van der Waals surface area contributed by atoms with E-state index < -0.39 is 36.3 Å². The molecule has 2 aliphatic rings. The lowest BCUT2D eigenvalue weighted by Crippen LogP contribution is -2.34. The van der Waals surface area contributed by atoms with Crippen LogP contribution in [-0.2, 0) is 23.9 Å². The monoisotopic (exact) mass is 560 g/mol. The van der Waals surface area contributed by atoms with Gasteiger partial charge in [-0.3, -0.25) is 19.3 Å². The molecule has 0 bridgehead atoms.